The van der Waals surface area contributed by atoms with Gasteiger partial charge in [-0.2, -0.15) is 0 Å². The van der Waals surface area contributed by atoms with E-state index in [2.05, 4.69) is 21.0 Å². The van der Waals surface area contributed by atoms with Crippen LogP contribution in [0.1, 0.15) is 0 Å². The first kappa shape index (κ1) is 14.6. The first-order chi connectivity index (χ1) is 10.5. The van der Waals surface area contributed by atoms with Crippen molar-refractivity contribution in [2.45, 2.75) is 0 Å². The maximum Gasteiger partial charge on any atom is 0.160 e. The monoisotopic (exact) mass is 367 g/mol. The zero-order valence-electron chi connectivity index (χ0n) is 11.0. The molecule has 1 heterocycles. The normalized spacial score (nSPS) is 10.9. The predicted molar refractivity (Wildman–Crippen MR) is 81.0 cm³/mol. The van der Waals surface area contributed by atoms with Gasteiger partial charge >= 0.3 is 0 Å². The molecule has 7 heteroatoms. The fourth-order valence-electron chi connectivity index (χ4n) is 2.11. The molecule has 1 aromatic heterocycles. The fourth-order valence-corrected chi connectivity index (χ4v) is 2.58. The van der Waals surface area contributed by atoms with Crippen LogP contribution in [0.4, 0.5) is 19.0 Å². The van der Waals surface area contributed by atoms with Gasteiger partial charge in [-0.15, -0.1) is 5.10 Å². The molecule has 3 nitrogen and oxygen atoms in total. The molecule has 0 amide bonds. The van der Waals surface area contributed by atoms with Crippen LogP contribution in [-0.4, -0.2) is 9.78 Å². The summed E-state index contributed by atoms with van der Waals surface area (Å²) in [4.78, 5) is 0. The van der Waals surface area contributed by atoms with E-state index in [9.17, 15) is 13.2 Å². The summed E-state index contributed by atoms with van der Waals surface area (Å²) in [5, 5.41) is 4.06. The van der Waals surface area contributed by atoms with Crippen molar-refractivity contribution in [1.82, 2.24) is 9.78 Å². The lowest BCUT2D eigenvalue weighted by molar-refractivity contribution is 0.509. The lowest BCUT2D eigenvalue weighted by Gasteiger charge is -2.09. The zero-order chi connectivity index (χ0) is 15.9. The van der Waals surface area contributed by atoms with Crippen molar-refractivity contribution in [2.24, 2.45) is 0 Å². The van der Waals surface area contributed by atoms with Gasteiger partial charge in [-0.05, 0) is 46.3 Å². The first-order valence-corrected chi connectivity index (χ1v) is 7.02. The minimum Gasteiger partial charge on any atom is -0.381 e. The van der Waals surface area contributed by atoms with Crippen LogP contribution in [0.25, 0.3) is 16.9 Å². The molecule has 0 spiro atoms. The van der Waals surface area contributed by atoms with Crippen molar-refractivity contribution >= 4 is 21.7 Å². The van der Waals surface area contributed by atoms with Crippen molar-refractivity contribution in [3.8, 4) is 16.9 Å². The van der Waals surface area contributed by atoms with E-state index in [1.807, 2.05) is 0 Å². The molecule has 0 atom stereocenters. The van der Waals surface area contributed by atoms with Gasteiger partial charge in [-0.1, -0.05) is 12.1 Å². The van der Waals surface area contributed by atoms with Crippen LogP contribution >= 0.6 is 15.9 Å². The number of benzene rings is 2. The van der Waals surface area contributed by atoms with Crippen LogP contribution in [0.2, 0.25) is 0 Å². The highest BCUT2D eigenvalue weighted by atomic mass is 79.9. The Kier molecular flexibility index (Phi) is 3.66. The molecule has 0 fully saturated rings. The third kappa shape index (κ3) is 2.37. The van der Waals surface area contributed by atoms with Gasteiger partial charge < -0.3 is 5.73 Å². The Balaban J connectivity index is 2.28. The van der Waals surface area contributed by atoms with E-state index >= 15 is 0 Å². The molecule has 2 N–H and O–H groups in total. The minimum atomic E-state index is -1.01. The van der Waals surface area contributed by atoms with E-state index in [1.165, 1.54) is 28.9 Å². The highest BCUT2D eigenvalue weighted by Crippen LogP contribution is 2.35. The second kappa shape index (κ2) is 5.49. The van der Waals surface area contributed by atoms with Gasteiger partial charge in [0.25, 0.3) is 0 Å². The summed E-state index contributed by atoms with van der Waals surface area (Å²) in [6, 6.07) is 9.34. The lowest BCUT2D eigenvalue weighted by atomic mass is 10.1. The highest BCUT2D eigenvalue weighted by molar-refractivity contribution is 9.10. The average Bonchev–Trinajstić information content (AvgIpc) is 2.78. The number of aromatic nitrogens is 2. The zero-order valence-corrected chi connectivity index (χ0v) is 12.6. The van der Waals surface area contributed by atoms with Gasteiger partial charge in [0, 0.05) is 5.56 Å². The summed E-state index contributed by atoms with van der Waals surface area (Å²) in [6.07, 6.45) is 0. The Morgan fingerprint density at radius 3 is 2.36 bits per heavy atom. The molecule has 0 bridgehead atoms. The van der Waals surface area contributed by atoms with Crippen LogP contribution in [-0.2, 0) is 0 Å². The topological polar surface area (TPSA) is 43.8 Å². The van der Waals surface area contributed by atoms with Gasteiger partial charge in [-0.25, -0.2) is 17.9 Å². The summed E-state index contributed by atoms with van der Waals surface area (Å²) in [5.74, 6) is -2.38. The molecule has 0 saturated carbocycles. The van der Waals surface area contributed by atoms with Crippen molar-refractivity contribution in [2.75, 3.05) is 5.73 Å². The van der Waals surface area contributed by atoms with Gasteiger partial charge in [0.05, 0.1) is 10.2 Å². The molecule has 0 aliphatic carbocycles. The second-order valence-corrected chi connectivity index (χ2v) is 5.33. The fraction of sp³-hybridized carbons (Fsp3) is 0. The number of anilines is 1. The largest absolute Gasteiger partial charge is 0.381 e. The minimum absolute atomic E-state index is 0.114. The summed E-state index contributed by atoms with van der Waals surface area (Å²) in [5.41, 5.74) is 6.57. The van der Waals surface area contributed by atoms with Gasteiger partial charge in [-0.3, -0.25) is 0 Å². The van der Waals surface area contributed by atoms with Gasteiger partial charge in [0.15, 0.2) is 17.5 Å². The number of hydrogen-bond donors (Lipinski definition) is 1. The van der Waals surface area contributed by atoms with Crippen LogP contribution in [0.15, 0.2) is 46.9 Å². The summed E-state index contributed by atoms with van der Waals surface area (Å²) in [6.45, 7) is 0. The number of nitrogens with two attached hydrogens (primary N) is 1. The molecular weight excluding hydrogens is 359 g/mol. The van der Waals surface area contributed by atoms with Crippen LogP contribution in [0, 0.1) is 17.5 Å². The first-order valence-electron chi connectivity index (χ1n) is 6.23. The van der Waals surface area contributed by atoms with Crippen LogP contribution in [0.5, 0.6) is 0 Å². The third-order valence-electron chi connectivity index (χ3n) is 3.13. The number of hydrogen-bond acceptors (Lipinski definition) is 2. The van der Waals surface area contributed by atoms with E-state index in [4.69, 9.17) is 5.73 Å². The summed E-state index contributed by atoms with van der Waals surface area (Å²) < 4.78 is 42.2. The van der Waals surface area contributed by atoms with Gasteiger partial charge in [0.1, 0.15) is 11.5 Å². The van der Waals surface area contributed by atoms with Crippen molar-refractivity contribution in [3.63, 3.8) is 0 Å². The summed E-state index contributed by atoms with van der Waals surface area (Å²) in [7, 11) is 0. The number of halogens is 4. The molecule has 0 radical (unpaired) electrons. The van der Waals surface area contributed by atoms with E-state index in [0.717, 1.165) is 12.1 Å². The molecular formula is C15H9BrF3N3. The SMILES string of the molecule is Nc1nn(-c2ccccc2F)c(-c2ccc(F)c(F)c2)c1Br. The smallest absolute Gasteiger partial charge is 0.160 e. The number of nitrogen functional groups attached to an aromatic ring is 1. The quantitative estimate of drug-likeness (QED) is 0.733. The molecule has 2 aromatic carbocycles. The number of nitrogens with zero attached hydrogens (tertiary/aromatic N) is 2. The van der Waals surface area contributed by atoms with Crippen molar-refractivity contribution in [1.29, 1.82) is 0 Å². The number of para-hydroxylation sites is 1. The standard InChI is InChI=1S/C15H9BrF3N3/c16-13-14(8-5-6-9(17)11(19)7-8)22(21-15(13)20)12-4-2-1-3-10(12)18/h1-7H,(H2,20,21). The molecule has 112 valence electrons. The Bertz CT molecular complexity index is 861. The third-order valence-corrected chi connectivity index (χ3v) is 3.91. The number of rotatable bonds is 2. The van der Waals surface area contributed by atoms with Crippen molar-refractivity contribution < 1.29 is 13.2 Å². The van der Waals surface area contributed by atoms with E-state index in [0.29, 0.717) is 15.7 Å². The molecule has 3 aromatic rings. The molecule has 3 rings (SSSR count). The second-order valence-electron chi connectivity index (χ2n) is 4.54. The maximum atomic E-state index is 14.0. The average molecular weight is 368 g/mol. The molecule has 0 saturated heterocycles. The van der Waals surface area contributed by atoms with Crippen LogP contribution < -0.4 is 5.73 Å². The Morgan fingerprint density at radius 2 is 1.68 bits per heavy atom. The lowest BCUT2D eigenvalue weighted by Crippen LogP contribution is -2.02. The molecule has 22 heavy (non-hydrogen) atoms. The predicted octanol–water partition coefficient (Wildman–Crippen LogP) is 4.30. The van der Waals surface area contributed by atoms with Gasteiger partial charge in [0.2, 0.25) is 0 Å². The van der Waals surface area contributed by atoms with E-state index in [-0.39, 0.29) is 11.5 Å². The Labute approximate surface area is 132 Å². The van der Waals surface area contributed by atoms with Crippen LogP contribution in [0.3, 0.4) is 0 Å². The highest BCUT2D eigenvalue weighted by Gasteiger charge is 2.19. The van der Waals surface area contributed by atoms with Crippen molar-refractivity contribution in [3.05, 3.63) is 64.4 Å². The molecule has 0 aliphatic heterocycles. The Morgan fingerprint density at radius 1 is 0.955 bits per heavy atom. The molecule has 0 aliphatic rings. The summed E-state index contributed by atoms with van der Waals surface area (Å²) >= 11 is 3.26. The Hall–Kier alpha value is -2.28. The van der Waals surface area contributed by atoms with E-state index in [1.54, 1.807) is 6.07 Å². The maximum absolute atomic E-state index is 14.0. The molecule has 0 unspecified atom stereocenters. The van der Waals surface area contributed by atoms with E-state index < -0.39 is 17.5 Å².